The maximum atomic E-state index is 4.31. The van der Waals surface area contributed by atoms with Crippen LogP contribution >= 0.6 is 0 Å². The molecule has 3 rings (SSSR count). The zero-order chi connectivity index (χ0) is 28.8. The molecule has 1 unspecified atom stereocenters. The number of likely N-dealkylation sites (tertiary alicyclic amines) is 1. The molecule has 41 heavy (non-hydrogen) atoms. The van der Waals surface area contributed by atoms with E-state index in [1.54, 1.807) is 0 Å². The van der Waals surface area contributed by atoms with Crippen LogP contribution in [0.25, 0.3) is 0 Å². The van der Waals surface area contributed by atoms with Crippen molar-refractivity contribution in [3.8, 4) is 0 Å². The Morgan fingerprint density at radius 3 is 1.88 bits per heavy atom. The summed E-state index contributed by atoms with van der Waals surface area (Å²) in [5, 5.41) is 7.24. The molecule has 0 radical (unpaired) electrons. The molecule has 3 heteroatoms. The molecule has 3 nitrogen and oxygen atoms in total. The van der Waals surface area contributed by atoms with Crippen LogP contribution in [0.4, 0.5) is 0 Å². The van der Waals surface area contributed by atoms with Crippen LogP contribution in [0, 0.1) is 0 Å². The maximum Gasteiger partial charge on any atom is 0.0547 e. The highest BCUT2D eigenvalue weighted by Crippen LogP contribution is 2.32. The summed E-state index contributed by atoms with van der Waals surface area (Å²) < 4.78 is 0. The van der Waals surface area contributed by atoms with Crippen LogP contribution in [0.15, 0.2) is 47.5 Å². The van der Waals surface area contributed by atoms with E-state index < -0.39 is 0 Å². The molecule has 1 saturated heterocycles. The van der Waals surface area contributed by atoms with Gasteiger partial charge in [-0.15, -0.1) is 0 Å². The molecular formula is C38H67N3. The van der Waals surface area contributed by atoms with E-state index in [1.807, 2.05) is 0 Å². The lowest BCUT2D eigenvalue weighted by molar-refractivity contribution is 0.290. The van der Waals surface area contributed by atoms with Crippen LogP contribution in [0.3, 0.4) is 0 Å². The van der Waals surface area contributed by atoms with Gasteiger partial charge in [0.05, 0.1) is 6.04 Å². The van der Waals surface area contributed by atoms with E-state index in [-0.39, 0.29) is 0 Å². The maximum absolute atomic E-state index is 4.31. The average Bonchev–Trinajstić information content (AvgIpc) is 3.41. The summed E-state index contributed by atoms with van der Waals surface area (Å²) in [6.07, 6.45) is 41.9. The summed E-state index contributed by atoms with van der Waals surface area (Å²) in [6.45, 7) is 10.1. The fourth-order valence-corrected chi connectivity index (χ4v) is 6.91. The van der Waals surface area contributed by atoms with Crippen molar-refractivity contribution in [2.45, 2.75) is 173 Å². The molecule has 1 fully saturated rings. The summed E-state index contributed by atoms with van der Waals surface area (Å²) in [7, 11) is 0. The molecule has 0 aromatic carbocycles. The van der Waals surface area contributed by atoms with Crippen molar-refractivity contribution >= 4 is 0 Å². The quantitative estimate of drug-likeness (QED) is 0.108. The topological polar surface area (TPSA) is 27.3 Å². The van der Waals surface area contributed by atoms with E-state index in [4.69, 9.17) is 0 Å². The summed E-state index contributed by atoms with van der Waals surface area (Å²) >= 11 is 0. The minimum Gasteiger partial charge on any atom is -0.388 e. The molecule has 0 aromatic heterocycles. The molecule has 0 saturated carbocycles. The monoisotopic (exact) mass is 566 g/mol. The van der Waals surface area contributed by atoms with Crippen LogP contribution in [0.5, 0.6) is 0 Å². The van der Waals surface area contributed by atoms with Gasteiger partial charge in [0.25, 0.3) is 0 Å². The highest BCUT2D eigenvalue weighted by atomic mass is 15.1. The molecule has 1 atom stereocenters. The Morgan fingerprint density at radius 2 is 1.32 bits per heavy atom. The fraction of sp³-hybridized carbons (Fsp3) is 0.789. The number of nitrogens with one attached hydrogen (secondary N) is 2. The normalized spacial score (nSPS) is 18.4. The predicted molar refractivity (Wildman–Crippen MR) is 181 cm³/mol. The van der Waals surface area contributed by atoms with Crippen LogP contribution in [-0.2, 0) is 0 Å². The number of allylic oxidation sites excluding steroid dienone is 2. The lowest BCUT2D eigenvalue weighted by Gasteiger charge is -2.32. The molecule has 234 valence electrons. The molecule has 2 N–H and O–H groups in total. The number of unbranched alkanes of at least 4 members (excludes halogenated alkanes) is 18. The smallest absolute Gasteiger partial charge is 0.0547 e. The van der Waals surface area contributed by atoms with Gasteiger partial charge in [-0.1, -0.05) is 135 Å². The Morgan fingerprint density at radius 1 is 0.780 bits per heavy atom. The molecule has 3 aliphatic rings. The summed E-state index contributed by atoms with van der Waals surface area (Å²) in [5.74, 6) is 0. The third kappa shape index (κ3) is 14.4. The third-order valence-corrected chi connectivity index (χ3v) is 9.64. The van der Waals surface area contributed by atoms with Gasteiger partial charge in [-0.2, -0.15) is 0 Å². The van der Waals surface area contributed by atoms with Crippen molar-refractivity contribution in [3.63, 3.8) is 0 Å². The predicted octanol–water partition coefficient (Wildman–Crippen LogP) is 10.9. The summed E-state index contributed by atoms with van der Waals surface area (Å²) in [6, 6.07) is 0.492. The molecule has 0 spiro atoms. The summed E-state index contributed by atoms with van der Waals surface area (Å²) in [5.41, 5.74) is 5.71. The van der Waals surface area contributed by atoms with Gasteiger partial charge in [0.1, 0.15) is 0 Å². The van der Waals surface area contributed by atoms with Gasteiger partial charge in [-0.25, -0.2) is 0 Å². The zero-order valence-corrected chi connectivity index (χ0v) is 27.3. The molecule has 2 heterocycles. The minimum atomic E-state index is 0.492. The van der Waals surface area contributed by atoms with Crippen molar-refractivity contribution in [1.29, 1.82) is 0 Å². The van der Waals surface area contributed by atoms with Gasteiger partial charge >= 0.3 is 0 Å². The Bertz CT molecular complexity index is 785. The van der Waals surface area contributed by atoms with Gasteiger partial charge in [0.15, 0.2) is 0 Å². The van der Waals surface area contributed by atoms with E-state index in [0.717, 1.165) is 25.8 Å². The lowest BCUT2D eigenvalue weighted by Crippen LogP contribution is -2.31. The Hall–Kier alpha value is -1.64. The molecule has 1 aliphatic carbocycles. The number of fused-ring (bicyclic) bond motifs is 1. The molecular weight excluding hydrogens is 498 g/mol. The van der Waals surface area contributed by atoms with Crippen molar-refractivity contribution in [2.75, 3.05) is 19.6 Å². The Labute approximate surface area is 255 Å². The van der Waals surface area contributed by atoms with Gasteiger partial charge < -0.3 is 15.5 Å². The second-order valence-electron chi connectivity index (χ2n) is 13.3. The number of rotatable bonds is 25. The van der Waals surface area contributed by atoms with Crippen LogP contribution < -0.4 is 10.6 Å². The van der Waals surface area contributed by atoms with Crippen LogP contribution in [0.1, 0.15) is 167 Å². The SMILES string of the molecule is C=C(CCCCCCCCCCCCCCCCCCCCC)NCCC1=CNC2CC=C(N3CCCCC3)C=C12. The zero-order valence-electron chi connectivity index (χ0n) is 27.3. The molecule has 0 bridgehead atoms. The fourth-order valence-electron chi connectivity index (χ4n) is 6.91. The van der Waals surface area contributed by atoms with Crippen LogP contribution in [-0.4, -0.2) is 30.6 Å². The van der Waals surface area contributed by atoms with Gasteiger partial charge in [0.2, 0.25) is 0 Å². The van der Waals surface area contributed by atoms with Gasteiger partial charge in [-0.05, 0) is 62.2 Å². The average molecular weight is 566 g/mol. The number of nitrogens with zero attached hydrogens (tertiary/aromatic N) is 1. The van der Waals surface area contributed by atoms with E-state index in [2.05, 4.69) is 47.4 Å². The first-order chi connectivity index (χ1) is 20.3. The van der Waals surface area contributed by atoms with Gasteiger partial charge in [-0.3, -0.25) is 0 Å². The van der Waals surface area contributed by atoms with Crippen molar-refractivity contribution in [2.24, 2.45) is 0 Å². The van der Waals surface area contributed by atoms with E-state index in [9.17, 15) is 0 Å². The number of hydrogen-bond acceptors (Lipinski definition) is 3. The second-order valence-corrected chi connectivity index (χ2v) is 13.3. The lowest BCUT2D eigenvalue weighted by atomic mass is 9.92. The van der Waals surface area contributed by atoms with E-state index >= 15 is 0 Å². The van der Waals surface area contributed by atoms with E-state index in [1.165, 1.54) is 177 Å². The molecule has 0 aromatic rings. The highest BCUT2D eigenvalue weighted by Gasteiger charge is 2.26. The Kier molecular flexibility index (Phi) is 18.1. The third-order valence-electron chi connectivity index (χ3n) is 9.64. The molecule has 0 amide bonds. The standard InChI is InChI=1S/C38H67N3/c1-3-4-5-6-7-8-9-10-11-12-13-14-15-16-17-18-19-20-22-25-34(2)39-29-28-35-33-40-38-27-26-36(32-37(35)38)41-30-23-21-24-31-41/h26,32-33,38-40H,2-25,27-31H2,1H3. The van der Waals surface area contributed by atoms with Crippen molar-refractivity contribution in [3.05, 3.63) is 47.5 Å². The van der Waals surface area contributed by atoms with Crippen molar-refractivity contribution < 1.29 is 0 Å². The number of piperidine rings is 1. The highest BCUT2D eigenvalue weighted by molar-refractivity contribution is 5.47. The van der Waals surface area contributed by atoms with Crippen molar-refractivity contribution in [1.82, 2.24) is 15.5 Å². The first-order valence-electron chi connectivity index (χ1n) is 18.3. The minimum absolute atomic E-state index is 0.492. The molecule has 2 aliphatic heterocycles. The Balaban J connectivity index is 1.08. The van der Waals surface area contributed by atoms with Crippen LogP contribution in [0.2, 0.25) is 0 Å². The first-order valence-corrected chi connectivity index (χ1v) is 18.3. The second kappa shape index (κ2) is 22.0. The summed E-state index contributed by atoms with van der Waals surface area (Å²) in [4.78, 5) is 2.60. The number of hydrogen-bond donors (Lipinski definition) is 2. The first kappa shape index (κ1) is 33.9. The van der Waals surface area contributed by atoms with Gasteiger partial charge in [0, 0.05) is 37.2 Å². The largest absolute Gasteiger partial charge is 0.388 e. The van der Waals surface area contributed by atoms with E-state index in [0.29, 0.717) is 6.04 Å².